The number of rotatable bonds is 4. The lowest BCUT2D eigenvalue weighted by atomic mass is 10.1. The lowest BCUT2D eigenvalue weighted by Gasteiger charge is -2.37. The summed E-state index contributed by atoms with van der Waals surface area (Å²) in [5, 5.41) is 0. The number of hydrogen-bond acceptors (Lipinski definition) is 4. The fourth-order valence-corrected chi connectivity index (χ4v) is 2.06. The van der Waals surface area contributed by atoms with Crippen molar-refractivity contribution in [3.8, 4) is 11.5 Å². The largest absolute Gasteiger partial charge is 0.493 e. The van der Waals surface area contributed by atoms with Gasteiger partial charge in [-0.05, 0) is 6.07 Å². The molecule has 0 unspecified atom stereocenters. The van der Waals surface area contributed by atoms with E-state index >= 15 is 0 Å². The molecule has 1 heterocycles. The van der Waals surface area contributed by atoms with E-state index in [4.69, 9.17) is 15.2 Å². The molecule has 4 heteroatoms. The van der Waals surface area contributed by atoms with Crippen LogP contribution in [0.3, 0.4) is 0 Å². The van der Waals surface area contributed by atoms with E-state index in [1.807, 2.05) is 12.1 Å². The van der Waals surface area contributed by atoms with E-state index in [9.17, 15) is 0 Å². The first-order valence-electron chi connectivity index (χ1n) is 5.42. The second-order valence-corrected chi connectivity index (χ2v) is 4.11. The van der Waals surface area contributed by atoms with Crippen molar-refractivity contribution in [2.45, 2.75) is 12.6 Å². The Balaban J connectivity index is 2.13. The molecule has 1 saturated heterocycles. The molecule has 1 aromatic rings. The standard InChI is InChI=1S/C12H18N2O2/c1-15-11-5-3-4-9(12(11)16-2)6-14-7-10(13)8-14/h3-5,10H,6-8,13H2,1-2H3. The number of para-hydroxylation sites is 1. The third-order valence-electron chi connectivity index (χ3n) is 2.86. The number of nitrogens with two attached hydrogens (primary N) is 1. The summed E-state index contributed by atoms with van der Waals surface area (Å²) in [4.78, 5) is 2.29. The van der Waals surface area contributed by atoms with E-state index in [1.165, 1.54) is 0 Å². The van der Waals surface area contributed by atoms with Crippen molar-refractivity contribution < 1.29 is 9.47 Å². The smallest absolute Gasteiger partial charge is 0.165 e. The minimum absolute atomic E-state index is 0.330. The van der Waals surface area contributed by atoms with Crippen molar-refractivity contribution in [3.63, 3.8) is 0 Å². The second-order valence-electron chi connectivity index (χ2n) is 4.11. The third-order valence-corrected chi connectivity index (χ3v) is 2.86. The maximum atomic E-state index is 5.75. The molecule has 0 radical (unpaired) electrons. The van der Waals surface area contributed by atoms with Crippen molar-refractivity contribution in [1.29, 1.82) is 0 Å². The SMILES string of the molecule is COc1cccc(CN2CC(N)C2)c1OC. The number of likely N-dealkylation sites (tertiary alicyclic amines) is 1. The molecule has 2 rings (SSSR count). The predicted molar refractivity (Wildman–Crippen MR) is 62.8 cm³/mol. The molecule has 0 spiro atoms. The molecule has 0 atom stereocenters. The zero-order valence-electron chi connectivity index (χ0n) is 9.77. The quantitative estimate of drug-likeness (QED) is 0.820. The molecule has 0 aliphatic carbocycles. The van der Waals surface area contributed by atoms with Crippen molar-refractivity contribution in [3.05, 3.63) is 23.8 Å². The van der Waals surface area contributed by atoms with Crippen LogP contribution in [-0.4, -0.2) is 38.3 Å². The summed E-state index contributed by atoms with van der Waals surface area (Å²) in [6.07, 6.45) is 0. The Hall–Kier alpha value is -1.26. The van der Waals surface area contributed by atoms with E-state index in [-0.39, 0.29) is 0 Å². The average molecular weight is 222 g/mol. The highest BCUT2D eigenvalue weighted by Gasteiger charge is 2.24. The maximum Gasteiger partial charge on any atom is 0.165 e. The zero-order valence-corrected chi connectivity index (χ0v) is 9.77. The molecule has 88 valence electrons. The fourth-order valence-electron chi connectivity index (χ4n) is 2.06. The number of nitrogens with zero attached hydrogens (tertiary/aromatic N) is 1. The van der Waals surface area contributed by atoms with Crippen LogP contribution < -0.4 is 15.2 Å². The summed E-state index contributed by atoms with van der Waals surface area (Å²) < 4.78 is 10.6. The Morgan fingerprint density at radius 2 is 2.06 bits per heavy atom. The first-order chi connectivity index (χ1) is 7.74. The number of hydrogen-bond donors (Lipinski definition) is 1. The molecule has 1 fully saturated rings. The Morgan fingerprint density at radius 1 is 1.31 bits per heavy atom. The Morgan fingerprint density at radius 3 is 2.62 bits per heavy atom. The summed E-state index contributed by atoms with van der Waals surface area (Å²) in [6.45, 7) is 2.79. The van der Waals surface area contributed by atoms with Crippen LogP contribution in [0.25, 0.3) is 0 Å². The Kier molecular flexibility index (Phi) is 3.31. The molecule has 1 aliphatic rings. The van der Waals surface area contributed by atoms with Gasteiger partial charge in [0.15, 0.2) is 11.5 Å². The minimum atomic E-state index is 0.330. The summed E-state index contributed by atoms with van der Waals surface area (Å²) in [6, 6.07) is 6.28. The summed E-state index contributed by atoms with van der Waals surface area (Å²) in [5.74, 6) is 1.61. The van der Waals surface area contributed by atoms with Gasteiger partial charge in [-0.2, -0.15) is 0 Å². The molecule has 1 aromatic carbocycles. The van der Waals surface area contributed by atoms with E-state index < -0.39 is 0 Å². The van der Waals surface area contributed by atoms with Crippen molar-refractivity contribution in [2.24, 2.45) is 5.73 Å². The van der Waals surface area contributed by atoms with Crippen molar-refractivity contribution in [1.82, 2.24) is 4.90 Å². The first kappa shape index (κ1) is 11.2. The molecule has 16 heavy (non-hydrogen) atoms. The van der Waals surface area contributed by atoms with Gasteiger partial charge in [-0.3, -0.25) is 4.90 Å². The molecule has 0 bridgehead atoms. The van der Waals surface area contributed by atoms with Crippen molar-refractivity contribution in [2.75, 3.05) is 27.3 Å². The number of benzene rings is 1. The van der Waals surface area contributed by atoms with Gasteiger partial charge in [-0.15, -0.1) is 0 Å². The minimum Gasteiger partial charge on any atom is -0.493 e. The number of ether oxygens (including phenoxy) is 2. The highest BCUT2D eigenvalue weighted by atomic mass is 16.5. The Labute approximate surface area is 95.9 Å². The second kappa shape index (κ2) is 4.72. The van der Waals surface area contributed by atoms with E-state index in [2.05, 4.69) is 11.0 Å². The van der Waals surface area contributed by atoms with Gasteiger partial charge < -0.3 is 15.2 Å². The van der Waals surface area contributed by atoms with Crippen molar-refractivity contribution >= 4 is 0 Å². The molecule has 0 saturated carbocycles. The monoisotopic (exact) mass is 222 g/mol. The van der Waals surface area contributed by atoms with Gasteiger partial charge in [0.2, 0.25) is 0 Å². The molecule has 1 aliphatic heterocycles. The van der Waals surface area contributed by atoms with Gasteiger partial charge in [0, 0.05) is 31.2 Å². The molecule has 0 amide bonds. The van der Waals surface area contributed by atoms with E-state index in [1.54, 1.807) is 14.2 Å². The van der Waals surface area contributed by atoms with Gasteiger partial charge in [-0.1, -0.05) is 12.1 Å². The van der Waals surface area contributed by atoms with Gasteiger partial charge in [0.25, 0.3) is 0 Å². The zero-order chi connectivity index (χ0) is 11.5. The van der Waals surface area contributed by atoms with Crippen LogP contribution in [-0.2, 0) is 6.54 Å². The Bertz CT molecular complexity index is 362. The molecule has 0 aromatic heterocycles. The van der Waals surface area contributed by atoms with Gasteiger partial charge >= 0.3 is 0 Å². The van der Waals surface area contributed by atoms with Crippen LogP contribution in [0.15, 0.2) is 18.2 Å². The molecular formula is C12H18N2O2. The van der Waals surface area contributed by atoms with Crippen LogP contribution in [0.2, 0.25) is 0 Å². The van der Waals surface area contributed by atoms with Gasteiger partial charge in [0.1, 0.15) is 0 Å². The van der Waals surface area contributed by atoms with Crippen LogP contribution >= 0.6 is 0 Å². The van der Waals surface area contributed by atoms with Crippen LogP contribution in [0.5, 0.6) is 11.5 Å². The number of methoxy groups -OCH3 is 2. The van der Waals surface area contributed by atoms with E-state index in [0.29, 0.717) is 6.04 Å². The van der Waals surface area contributed by atoms with Crippen LogP contribution in [0, 0.1) is 0 Å². The van der Waals surface area contributed by atoms with Crippen LogP contribution in [0.4, 0.5) is 0 Å². The fraction of sp³-hybridized carbons (Fsp3) is 0.500. The first-order valence-corrected chi connectivity index (χ1v) is 5.42. The summed E-state index contributed by atoms with van der Waals surface area (Å²) in [7, 11) is 3.32. The molecule has 4 nitrogen and oxygen atoms in total. The lowest BCUT2D eigenvalue weighted by molar-refractivity contribution is 0.140. The predicted octanol–water partition coefficient (Wildman–Crippen LogP) is 0.847. The summed E-state index contributed by atoms with van der Waals surface area (Å²) in [5.41, 5.74) is 6.90. The lowest BCUT2D eigenvalue weighted by Crippen LogP contribution is -2.54. The van der Waals surface area contributed by atoms with Gasteiger partial charge in [0.05, 0.1) is 14.2 Å². The molecular weight excluding hydrogens is 204 g/mol. The normalized spacial score (nSPS) is 16.9. The van der Waals surface area contributed by atoms with E-state index in [0.717, 1.165) is 36.7 Å². The topological polar surface area (TPSA) is 47.7 Å². The third kappa shape index (κ3) is 2.13. The average Bonchev–Trinajstić information content (AvgIpc) is 2.26. The maximum absolute atomic E-state index is 5.75. The van der Waals surface area contributed by atoms with Crippen LogP contribution in [0.1, 0.15) is 5.56 Å². The van der Waals surface area contributed by atoms with Gasteiger partial charge in [-0.25, -0.2) is 0 Å². The highest BCUT2D eigenvalue weighted by Crippen LogP contribution is 2.32. The highest BCUT2D eigenvalue weighted by molar-refractivity contribution is 5.46. The summed E-state index contributed by atoms with van der Waals surface area (Å²) >= 11 is 0. The molecule has 2 N–H and O–H groups in total.